The zero-order chi connectivity index (χ0) is 14.5. The maximum atomic E-state index is 11.4. The van der Waals surface area contributed by atoms with Crippen molar-refractivity contribution in [2.24, 2.45) is 0 Å². The lowest BCUT2D eigenvalue weighted by atomic mass is 10.1. The SMILES string of the molecule is CCC(=O)Nc1ccc(C)c(NC(C)c2nccs2)c1. The Hall–Kier alpha value is -1.88. The fourth-order valence-electron chi connectivity index (χ4n) is 1.85. The average Bonchev–Trinajstić information content (AvgIpc) is 2.96. The number of aryl methyl sites for hydroxylation is 1. The first-order valence-corrected chi connectivity index (χ1v) is 7.54. The van der Waals surface area contributed by atoms with Crippen LogP contribution >= 0.6 is 11.3 Å². The molecular weight excluding hydrogens is 270 g/mol. The number of benzene rings is 1. The van der Waals surface area contributed by atoms with E-state index >= 15 is 0 Å². The molecule has 1 amide bonds. The molecule has 20 heavy (non-hydrogen) atoms. The molecule has 1 heterocycles. The molecule has 106 valence electrons. The fraction of sp³-hybridized carbons (Fsp3) is 0.333. The maximum Gasteiger partial charge on any atom is 0.224 e. The first kappa shape index (κ1) is 14.5. The summed E-state index contributed by atoms with van der Waals surface area (Å²) >= 11 is 1.63. The zero-order valence-corrected chi connectivity index (χ0v) is 12.8. The predicted octanol–water partition coefficient (Wildman–Crippen LogP) is 3.97. The van der Waals surface area contributed by atoms with Crippen LogP contribution in [0.5, 0.6) is 0 Å². The average molecular weight is 289 g/mol. The quantitative estimate of drug-likeness (QED) is 0.875. The van der Waals surface area contributed by atoms with Crippen molar-refractivity contribution in [2.75, 3.05) is 10.6 Å². The summed E-state index contributed by atoms with van der Waals surface area (Å²) in [4.78, 5) is 15.8. The second-order valence-electron chi connectivity index (χ2n) is 4.67. The topological polar surface area (TPSA) is 54.0 Å². The van der Waals surface area contributed by atoms with Crippen LogP contribution in [0.1, 0.15) is 36.9 Å². The molecule has 0 fully saturated rings. The van der Waals surface area contributed by atoms with Crippen LogP contribution < -0.4 is 10.6 Å². The first-order chi connectivity index (χ1) is 9.60. The van der Waals surface area contributed by atoms with Gasteiger partial charge in [0.25, 0.3) is 0 Å². The van der Waals surface area contributed by atoms with Crippen molar-refractivity contribution in [1.82, 2.24) is 4.98 Å². The van der Waals surface area contributed by atoms with Gasteiger partial charge in [-0.2, -0.15) is 0 Å². The largest absolute Gasteiger partial charge is 0.376 e. The summed E-state index contributed by atoms with van der Waals surface area (Å²) in [5, 5.41) is 9.34. The standard InChI is InChI=1S/C15H19N3OS/c1-4-14(19)18-12-6-5-10(2)13(9-12)17-11(3)15-16-7-8-20-15/h5-9,11,17H,4H2,1-3H3,(H,18,19). The Balaban J connectivity index is 2.14. The Morgan fingerprint density at radius 3 is 2.90 bits per heavy atom. The van der Waals surface area contributed by atoms with Gasteiger partial charge < -0.3 is 10.6 Å². The highest BCUT2D eigenvalue weighted by molar-refractivity contribution is 7.09. The maximum absolute atomic E-state index is 11.4. The minimum Gasteiger partial charge on any atom is -0.376 e. The molecule has 0 saturated heterocycles. The number of carbonyl (C=O) groups is 1. The molecule has 0 aliphatic rings. The van der Waals surface area contributed by atoms with Crippen LogP contribution in [0.15, 0.2) is 29.8 Å². The summed E-state index contributed by atoms with van der Waals surface area (Å²) in [7, 11) is 0. The van der Waals surface area contributed by atoms with Gasteiger partial charge in [0.15, 0.2) is 0 Å². The van der Waals surface area contributed by atoms with E-state index in [0.717, 1.165) is 21.9 Å². The van der Waals surface area contributed by atoms with Gasteiger partial charge in [-0.15, -0.1) is 11.3 Å². The van der Waals surface area contributed by atoms with Crippen LogP contribution in [0.4, 0.5) is 11.4 Å². The van der Waals surface area contributed by atoms with Gasteiger partial charge in [0.2, 0.25) is 5.91 Å². The van der Waals surface area contributed by atoms with Crippen molar-refractivity contribution in [2.45, 2.75) is 33.2 Å². The highest BCUT2D eigenvalue weighted by Gasteiger charge is 2.10. The molecule has 2 N–H and O–H groups in total. The van der Waals surface area contributed by atoms with Crippen molar-refractivity contribution in [1.29, 1.82) is 0 Å². The molecule has 1 unspecified atom stereocenters. The van der Waals surface area contributed by atoms with E-state index in [1.165, 1.54) is 0 Å². The molecular formula is C15H19N3OS. The molecule has 0 bridgehead atoms. The van der Waals surface area contributed by atoms with E-state index in [1.807, 2.05) is 43.6 Å². The van der Waals surface area contributed by atoms with E-state index in [4.69, 9.17) is 0 Å². The number of carbonyl (C=O) groups excluding carboxylic acids is 1. The summed E-state index contributed by atoms with van der Waals surface area (Å²) in [5.41, 5.74) is 2.97. The van der Waals surface area contributed by atoms with Crippen molar-refractivity contribution < 1.29 is 4.79 Å². The Bertz CT molecular complexity index is 581. The number of aromatic nitrogens is 1. The molecule has 1 aromatic carbocycles. The second kappa shape index (κ2) is 6.52. The van der Waals surface area contributed by atoms with Crippen molar-refractivity contribution in [3.8, 4) is 0 Å². The molecule has 0 spiro atoms. The molecule has 5 heteroatoms. The van der Waals surface area contributed by atoms with Crippen molar-refractivity contribution in [3.63, 3.8) is 0 Å². The van der Waals surface area contributed by atoms with E-state index in [9.17, 15) is 4.79 Å². The normalized spacial score (nSPS) is 11.9. The van der Waals surface area contributed by atoms with Gasteiger partial charge in [0.05, 0.1) is 6.04 Å². The Labute approximate surface area is 123 Å². The highest BCUT2D eigenvalue weighted by Crippen LogP contribution is 2.26. The summed E-state index contributed by atoms with van der Waals surface area (Å²) in [5.74, 6) is 0.0211. The van der Waals surface area contributed by atoms with Gasteiger partial charge in [-0.25, -0.2) is 4.98 Å². The molecule has 2 rings (SSSR count). The Kier molecular flexibility index (Phi) is 4.74. The number of thiazole rings is 1. The summed E-state index contributed by atoms with van der Waals surface area (Å²) in [6.07, 6.45) is 2.29. The highest BCUT2D eigenvalue weighted by atomic mass is 32.1. The molecule has 0 saturated carbocycles. The molecule has 0 aliphatic heterocycles. The summed E-state index contributed by atoms with van der Waals surface area (Å²) < 4.78 is 0. The number of nitrogens with zero attached hydrogens (tertiary/aromatic N) is 1. The van der Waals surface area contributed by atoms with Crippen molar-refractivity contribution in [3.05, 3.63) is 40.3 Å². The van der Waals surface area contributed by atoms with E-state index in [2.05, 4.69) is 22.5 Å². The molecule has 0 radical (unpaired) electrons. The van der Waals surface area contributed by atoms with Gasteiger partial charge in [-0.1, -0.05) is 13.0 Å². The number of nitrogens with one attached hydrogen (secondary N) is 2. The molecule has 2 aromatic rings. The lowest BCUT2D eigenvalue weighted by molar-refractivity contribution is -0.115. The van der Waals surface area contributed by atoms with Gasteiger partial charge >= 0.3 is 0 Å². The summed E-state index contributed by atoms with van der Waals surface area (Å²) in [6.45, 7) is 5.96. The third-order valence-electron chi connectivity index (χ3n) is 3.04. The van der Waals surface area contributed by atoms with Crippen LogP contribution in [-0.4, -0.2) is 10.9 Å². The first-order valence-electron chi connectivity index (χ1n) is 6.66. The van der Waals surface area contributed by atoms with Crippen molar-refractivity contribution >= 4 is 28.6 Å². The third kappa shape index (κ3) is 3.57. The van der Waals surface area contributed by atoms with Gasteiger partial charge in [0.1, 0.15) is 5.01 Å². The van der Waals surface area contributed by atoms with Crippen LogP contribution in [0.25, 0.3) is 0 Å². The minimum absolute atomic E-state index is 0.0211. The minimum atomic E-state index is 0.0211. The lowest BCUT2D eigenvalue weighted by Crippen LogP contribution is -2.11. The monoisotopic (exact) mass is 289 g/mol. The third-order valence-corrected chi connectivity index (χ3v) is 3.99. The lowest BCUT2D eigenvalue weighted by Gasteiger charge is -2.16. The smallest absolute Gasteiger partial charge is 0.224 e. The van der Waals surface area contributed by atoms with Crippen LogP contribution in [0.2, 0.25) is 0 Å². The molecule has 1 aromatic heterocycles. The van der Waals surface area contributed by atoms with Crippen LogP contribution in [0, 0.1) is 6.92 Å². The zero-order valence-electron chi connectivity index (χ0n) is 11.9. The predicted molar refractivity (Wildman–Crippen MR) is 84.3 cm³/mol. The fourth-order valence-corrected chi connectivity index (χ4v) is 2.49. The van der Waals surface area contributed by atoms with Gasteiger partial charge in [-0.05, 0) is 31.5 Å². The Morgan fingerprint density at radius 2 is 2.25 bits per heavy atom. The second-order valence-corrected chi connectivity index (χ2v) is 5.59. The van der Waals surface area contributed by atoms with E-state index in [0.29, 0.717) is 6.42 Å². The molecule has 1 atom stereocenters. The molecule has 4 nitrogen and oxygen atoms in total. The number of hydrogen-bond donors (Lipinski definition) is 2. The molecule has 0 aliphatic carbocycles. The van der Waals surface area contributed by atoms with Gasteiger partial charge in [-0.3, -0.25) is 4.79 Å². The van der Waals surface area contributed by atoms with E-state index in [1.54, 1.807) is 11.3 Å². The van der Waals surface area contributed by atoms with E-state index < -0.39 is 0 Å². The summed E-state index contributed by atoms with van der Waals surface area (Å²) in [6, 6.07) is 6.03. The van der Waals surface area contributed by atoms with Gasteiger partial charge in [0, 0.05) is 29.4 Å². The number of amides is 1. The number of hydrogen-bond acceptors (Lipinski definition) is 4. The van der Waals surface area contributed by atoms with Crippen LogP contribution in [-0.2, 0) is 4.79 Å². The number of rotatable bonds is 5. The van der Waals surface area contributed by atoms with E-state index in [-0.39, 0.29) is 11.9 Å². The Morgan fingerprint density at radius 1 is 1.45 bits per heavy atom. The van der Waals surface area contributed by atoms with Crippen LogP contribution in [0.3, 0.4) is 0 Å². The number of anilines is 2.